The van der Waals surface area contributed by atoms with Crippen molar-refractivity contribution in [1.82, 2.24) is 9.88 Å². The predicted octanol–water partition coefficient (Wildman–Crippen LogP) is 3.95. The van der Waals surface area contributed by atoms with Gasteiger partial charge in [0.2, 0.25) is 5.75 Å². The van der Waals surface area contributed by atoms with Gasteiger partial charge in [-0.3, -0.25) is 4.79 Å². The fraction of sp³-hybridized carbons (Fsp3) is 0.217. The highest BCUT2D eigenvalue weighted by atomic mass is 16.6. The van der Waals surface area contributed by atoms with Gasteiger partial charge in [-0.2, -0.15) is 0 Å². The smallest absolute Gasteiger partial charge is 0.406 e. The molecule has 0 N–H and O–H groups in total. The van der Waals surface area contributed by atoms with Crippen LogP contribution in [0.25, 0.3) is 0 Å². The van der Waals surface area contributed by atoms with Crippen LogP contribution in [0.2, 0.25) is 0 Å². The number of hydrogen-bond donors (Lipinski definition) is 0. The summed E-state index contributed by atoms with van der Waals surface area (Å²) < 4.78 is 5.49. The fourth-order valence-corrected chi connectivity index (χ4v) is 3.01. The third kappa shape index (κ3) is 5.88. The summed E-state index contributed by atoms with van der Waals surface area (Å²) in [4.78, 5) is 29.1. The highest BCUT2D eigenvalue weighted by Gasteiger charge is 2.21. The van der Waals surface area contributed by atoms with E-state index in [1.807, 2.05) is 60.7 Å². The van der Waals surface area contributed by atoms with E-state index in [1.165, 1.54) is 6.07 Å². The Morgan fingerprint density at radius 1 is 1.00 bits per heavy atom. The molecule has 0 fully saturated rings. The number of aromatic nitrogens is 1. The molecule has 1 amide bonds. The van der Waals surface area contributed by atoms with Gasteiger partial charge in [0, 0.05) is 20.0 Å². The Bertz CT molecular complexity index is 994. The summed E-state index contributed by atoms with van der Waals surface area (Å²) in [5.41, 5.74) is 2.64. The minimum Gasteiger partial charge on any atom is -0.476 e. The van der Waals surface area contributed by atoms with Gasteiger partial charge in [0.1, 0.15) is 5.69 Å². The van der Waals surface area contributed by atoms with Crippen molar-refractivity contribution in [3.8, 4) is 5.75 Å². The first-order chi connectivity index (χ1) is 14.5. The second-order valence-electron chi connectivity index (χ2n) is 6.86. The lowest BCUT2D eigenvalue weighted by Crippen LogP contribution is -2.36. The Morgan fingerprint density at radius 3 is 2.27 bits per heavy atom. The Hall–Kier alpha value is -3.74. The Labute approximate surface area is 175 Å². The van der Waals surface area contributed by atoms with Crippen molar-refractivity contribution in [3.63, 3.8) is 0 Å². The van der Waals surface area contributed by atoms with Crippen molar-refractivity contribution >= 4 is 11.7 Å². The summed E-state index contributed by atoms with van der Waals surface area (Å²) >= 11 is 0. The second kappa shape index (κ2) is 10.2. The van der Waals surface area contributed by atoms with Gasteiger partial charge in [0.05, 0.1) is 0 Å². The number of nitrogens with zero attached hydrogens (tertiary/aromatic N) is 3. The van der Waals surface area contributed by atoms with E-state index < -0.39 is 4.92 Å². The average Bonchev–Trinajstić information content (AvgIpc) is 2.76. The summed E-state index contributed by atoms with van der Waals surface area (Å²) in [5.74, 6) is -0.645. The van der Waals surface area contributed by atoms with Crippen LogP contribution < -0.4 is 4.74 Å². The number of aryl methyl sites for hydroxylation is 1. The molecule has 2 aromatic carbocycles. The van der Waals surface area contributed by atoms with Crippen LogP contribution in [-0.2, 0) is 17.8 Å². The number of nitro groups is 1. The van der Waals surface area contributed by atoms with E-state index in [1.54, 1.807) is 17.9 Å². The Morgan fingerprint density at radius 2 is 1.63 bits per heavy atom. The molecule has 0 saturated heterocycles. The minimum atomic E-state index is -0.607. The maximum Gasteiger partial charge on any atom is 0.406 e. The molecule has 3 rings (SSSR count). The standard InChI is InChI=1S/C23H23N3O4/c1-18-12-13-21(23(24-18)26(28)29)30-17-22(27)25(16-20-10-6-3-7-11-20)15-14-19-8-4-2-5-9-19/h2-13H,14-17H2,1H3. The van der Waals surface area contributed by atoms with Gasteiger partial charge in [-0.25, -0.2) is 0 Å². The summed E-state index contributed by atoms with van der Waals surface area (Å²) in [6, 6.07) is 22.7. The number of benzene rings is 2. The van der Waals surface area contributed by atoms with E-state index in [2.05, 4.69) is 4.98 Å². The normalized spacial score (nSPS) is 10.4. The lowest BCUT2D eigenvalue weighted by atomic mass is 10.1. The zero-order chi connectivity index (χ0) is 21.3. The molecular weight excluding hydrogens is 382 g/mol. The van der Waals surface area contributed by atoms with Crippen LogP contribution in [0.1, 0.15) is 16.8 Å². The van der Waals surface area contributed by atoms with Crippen LogP contribution >= 0.6 is 0 Å². The van der Waals surface area contributed by atoms with Gasteiger partial charge in [0.25, 0.3) is 5.91 Å². The van der Waals surface area contributed by atoms with Gasteiger partial charge in [-0.15, -0.1) is 0 Å². The van der Waals surface area contributed by atoms with Gasteiger partial charge in [0.15, 0.2) is 6.61 Å². The van der Waals surface area contributed by atoms with Crippen molar-refractivity contribution in [1.29, 1.82) is 0 Å². The van der Waals surface area contributed by atoms with Gasteiger partial charge < -0.3 is 19.8 Å². The summed E-state index contributed by atoms with van der Waals surface area (Å²) in [6.45, 7) is 2.31. The van der Waals surface area contributed by atoms with Crippen molar-refractivity contribution in [2.24, 2.45) is 0 Å². The first-order valence-corrected chi connectivity index (χ1v) is 9.63. The van der Waals surface area contributed by atoms with Crippen LogP contribution in [-0.4, -0.2) is 33.9 Å². The highest BCUT2D eigenvalue weighted by molar-refractivity contribution is 5.78. The van der Waals surface area contributed by atoms with Crippen molar-refractivity contribution in [2.45, 2.75) is 19.9 Å². The molecule has 7 nitrogen and oxygen atoms in total. The molecule has 0 atom stereocenters. The van der Waals surface area contributed by atoms with E-state index in [-0.39, 0.29) is 24.1 Å². The number of rotatable bonds is 9. The van der Waals surface area contributed by atoms with Crippen LogP contribution in [0.3, 0.4) is 0 Å². The quantitative estimate of drug-likeness (QED) is 0.397. The molecular formula is C23H23N3O4. The number of carbonyl (C=O) groups is 1. The third-order valence-electron chi connectivity index (χ3n) is 4.58. The number of ether oxygens (including phenoxy) is 1. The largest absolute Gasteiger partial charge is 0.476 e. The van der Waals surface area contributed by atoms with Crippen molar-refractivity contribution in [2.75, 3.05) is 13.2 Å². The fourth-order valence-electron chi connectivity index (χ4n) is 3.01. The lowest BCUT2D eigenvalue weighted by molar-refractivity contribution is -0.390. The van der Waals surface area contributed by atoms with E-state index in [0.29, 0.717) is 25.2 Å². The zero-order valence-corrected chi connectivity index (χ0v) is 16.7. The molecule has 0 unspecified atom stereocenters. The van der Waals surface area contributed by atoms with Crippen molar-refractivity contribution in [3.05, 3.63) is 99.7 Å². The van der Waals surface area contributed by atoms with Gasteiger partial charge >= 0.3 is 5.82 Å². The molecule has 3 aromatic rings. The molecule has 154 valence electrons. The van der Waals surface area contributed by atoms with Gasteiger partial charge in [-0.1, -0.05) is 60.7 Å². The van der Waals surface area contributed by atoms with E-state index in [9.17, 15) is 14.9 Å². The van der Waals surface area contributed by atoms with E-state index in [0.717, 1.165) is 11.1 Å². The van der Waals surface area contributed by atoms with E-state index >= 15 is 0 Å². The first kappa shape index (κ1) is 21.0. The van der Waals surface area contributed by atoms with Gasteiger partial charge in [-0.05, 0) is 39.6 Å². The third-order valence-corrected chi connectivity index (χ3v) is 4.58. The Kier molecular flexibility index (Phi) is 7.10. The van der Waals surface area contributed by atoms with Crippen LogP contribution in [0.4, 0.5) is 5.82 Å². The number of carbonyl (C=O) groups excluding carboxylic acids is 1. The maximum absolute atomic E-state index is 12.9. The second-order valence-corrected chi connectivity index (χ2v) is 6.86. The first-order valence-electron chi connectivity index (χ1n) is 9.63. The molecule has 0 aliphatic carbocycles. The zero-order valence-electron chi connectivity index (χ0n) is 16.7. The molecule has 0 aliphatic rings. The predicted molar refractivity (Wildman–Crippen MR) is 113 cm³/mol. The number of pyridine rings is 1. The highest BCUT2D eigenvalue weighted by Crippen LogP contribution is 2.24. The molecule has 30 heavy (non-hydrogen) atoms. The minimum absolute atomic E-state index is 0.0123. The molecule has 7 heteroatoms. The maximum atomic E-state index is 12.9. The summed E-state index contributed by atoms with van der Waals surface area (Å²) in [6.07, 6.45) is 0.700. The molecule has 0 spiro atoms. The number of amides is 1. The molecule has 1 heterocycles. The van der Waals surface area contributed by atoms with Crippen LogP contribution in [0.15, 0.2) is 72.8 Å². The topological polar surface area (TPSA) is 85.6 Å². The van der Waals surface area contributed by atoms with Crippen LogP contribution in [0.5, 0.6) is 5.75 Å². The molecule has 0 radical (unpaired) electrons. The molecule has 0 bridgehead atoms. The monoisotopic (exact) mass is 405 g/mol. The molecule has 0 saturated carbocycles. The Balaban J connectivity index is 1.70. The SMILES string of the molecule is Cc1ccc(OCC(=O)N(CCc2ccccc2)Cc2ccccc2)c([N+](=O)[O-])n1. The average molecular weight is 405 g/mol. The van der Waals surface area contributed by atoms with Crippen LogP contribution in [0, 0.1) is 17.0 Å². The van der Waals surface area contributed by atoms with E-state index in [4.69, 9.17) is 4.74 Å². The molecule has 1 aromatic heterocycles. The number of hydrogen-bond acceptors (Lipinski definition) is 5. The molecule has 0 aliphatic heterocycles. The lowest BCUT2D eigenvalue weighted by Gasteiger charge is -2.23. The van der Waals surface area contributed by atoms with Crippen molar-refractivity contribution < 1.29 is 14.5 Å². The summed E-state index contributed by atoms with van der Waals surface area (Å²) in [5, 5.41) is 11.2. The summed E-state index contributed by atoms with van der Waals surface area (Å²) in [7, 11) is 0.